The Hall–Kier alpha value is -3.17. The van der Waals surface area contributed by atoms with Gasteiger partial charge in [0.25, 0.3) is 5.91 Å². The van der Waals surface area contributed by atoms with E-state index in [9.17, 15) is 14.4 Å². The lowest BCUT2D eigenvalue weighted by molar-refractivity contribution is -0.138. The molecule has 8 nitrogen and oxygen atoms in total. The van der Waals surface area contributed by atoms with Crippen LogP contribution in [-0.4, -0.2) is 29.1 Å². The zero-order valence-electron chi connectivity index (χ0n) is 13.6. The van der Waals surface area contributed by atoms with E-state index in [1.165, 1.54) is 11.3 Å². The SMILES string of the molecule is NC(=O)Nc1sc(-c2ccc(C=CC[C@@H](N)C(=O)O)cc2)cc1C(N)=O. The quantitative estimate of drug-likeness (QED) is 0.498. The van der Waals surface area contributed by atoms with Crippen molar-refractivity contribution in [3.8, 4) is 10.4 Å². The number of thiophene rings is 1. The number of primary amides is 2. The molecule has 0 radical (unpaired) electrons. The largest absolute Gasteiger partial charge is 0.480 e. The number of carboxylic acids is 1. The van der Waals surface area contributed by atoms with E-state index in [0.29, 0.717) is 5.00 Å². The fourth-order valence-corrected chi connectivity index (χ4v) is 3.20. The zero-order chi connectivity index (χ0) is 19.3. The third-order valence-electron chi connectivity index (χ3n) is 3.45. The summed E-state index contributed by atoms with van der Waals surface area (Å²) in [7, 11) is 0. The van der Waals surface area contributed by atoms with Gasteiger partial charge in [-0.1, -0.05) is 36.4 Å². The molecule has 2 rings (SSSR count). The van der Waals surface area contributed by atoms with Crippen molar-refractivity contribution < 1.29 is 19.5 Å². The van der Waals surface area contributed by atoms with Crippen LogP contribution in [0.3, 0.4) is 0 Å². The lowest BCUT2D eigenvalue weighted by Crippen LogP contribution is -2.29. The first-order valence-corrected chi connectivity index (χ1v) is 8.35. The molecule has 8 N–H and O–H groups in total. The highest BCUT2D eigenvalue weighted by atomic mass is 32.1. The molecular formula is C17H18N4O4S. The predicted octanol–water partition coefficient (Wildman–Crippen LogP) is 1.82. The summed E-state index contributed by atoms with van der Waals surface area (Å²) in [6, 6.07) is 7.23. The second-order valence-electron chi connectivity index (χ2n) is 5.41. The van der Waals surface area contributed by atoms with E-state index in [0.717, 1.165) is 16.0 Å². The molecule has 0 bridgehead atoms. The van der Waals surface area contributed by atoms with Crippen LogP contribution in [0.2, 0.25) is 0 Å². The number of benzene rings is 1. The smallest absolute Gasteiger partial charge is 0.320 e. The second-order valence-corrected chi connectivity index (χ2v) is 6.46. The first-order valence-electron chi connectivity index (χ1n) is 7.53. The molecular weight excluding hydrogens is 356 g/mol. The number of nitrogens with two attached hydrogens (primary N) is 3. The number of aliphatic carboxylic acids is 1. The minimum atomic E-state index is -1.05. The summed E-state index contributed by atoms with van der Waals surface area (Å²) in [5.74, 6) is -1.71. The minimum absolute atomic E-state index is 0.190. The highest BCUT2D eigenvalue weighted by Crippen LogP contribution is 2.35. The summed E-state index contributed by atoms with van der Waals surface area (Å²) < 4.78 is 0. The molecule has 0 fully saturated rings. The van der Waals surface area contributed by atoms with E-state index in [4.69, 9.17) is 22.3 Å². The van der Waals surface area contributed by atoms with E-state index >= 15 is 0 Å². The van der Waals surface area contributed by atoms with E-state index in [-0.39, 0.29) is 12.0 Å². The van der Waals surface area contributed by atoms with E-state index < -0.39 is 23.9 Å². The molecule has 0 spiro atoms. The van der Waals surface area contributed by atoms with Crippen LogP contribution in [0.5, 0.6) is 0 Å². The van der Waals surface area contributed by atoms with Crippen molar-refractivity contribution in [1.29, 1.82) is 0 Å². The fourth-order valence-electron chi connectivity index (χ4n) is 2.13. The Balaban J connectivity index is 2.17. The number of hydrogen-bond donors (Lipinski definition) is 5. The normalized spacial score (nSPS) is 12.0. The summed E-state index contributed by atoms with van der Waals surface area (Å²) in [5.41, 5.74) is 17.7. The summed E-state index contributed by atoms with van der Waals surface area (Å²) in [4.78, 5) is 33.9. The molecule has 1 atom stereocenters. The summed E-state index contributed by atoms with van der Waals surface area (Å²) in [5, 5.41) is 11.4. The Morgan fingerprint density at radius 2 is 1.85 bits per heavy atom. The number of carboxylic acid groups (broad SMARTS) is 1. The van der Waals surface area contributed by atoms with Gasteiger partial charge in [0, 0.05) is 4.88 Å². The van der Waals surface area contributed by atoms with Gasteiger partial charge < -0.3 is 22.3 Å². The molecule has 2 aromatic rings. The van der Waals surface area contributed by atoms with Crippen molar-refractivity contribution in [2.45, 2.75) is 12.5 Å². The van der Waals surface area contributed by atoms with Crippen LogP contribution >= 0.6 is 11.3 Å². The van der Waals surface area contributed by atoms with Gasteiger partial charge in [-0.25, -0.2) is 4.79 Å². The number of hydrogen-bond acceptors (Lipinski definition) is 5. The van der Waals surface area contributed by atoms with Crippen LogP contribution in [0, 0.1) is 0 Å². The van der Waals surface area contributed by atoms with E-state index in [1.807, 2.05) is 24.3 Å². The van der Waals surface area contributed by atoms with Crippen LogP contribution in [-0.2, 0) is 4.79 Å². The van der Waals surface area contributed by atoms with Crippen LogP contribution in [0.1, 0.15) is 22.3 Å². The molecule has 0 aliphatic rings. The number of nitrogens with one attached hydrogen (secondary N) is 1. The Labute approximate surface area is 153 Å². The number of amides is 3. The van der Waals surface area contributed by atoms with Gasteiger partial charge in [-0.3, -0.25) is 14.9 Å². The van der Waals surface area contributed by atoms with Crippen molar-refractivity contribution in [1.82, 2.24) is 0 Å². The van der Waals surface area contributed by atoms with E-state index in [1.54, 1.807) is 18.2 Å². The first kappa shape index (κ1) is 19.2. The molecule has 136 valence electrons. The number of carbonyl (C=O) groups is 3. The molecule has 3 amide bonds. The first-order chi connectivity index (χ1) is 12.3. The lowest BCUT2D eigenvalue weighted by Gasteiger charge is -2.01. The molecule has 0 saturated carbocycles. The monoisotopic (exact) mass is 374 g/mol. The summed E-state index contributed by atoms with van der Waals surface area (Å²) in [6.45, 7) is 0. The third kappa shape index (κ3) is 4.91. The molecule has 0 unspecified atom stereocenters. The third-order valence-corrected chi connectivity index (χ3v) is 4.55. The molecule has 26 heavy (non-hydrogen) atoms. The van der Waals surface area contributed by atoms with Crippen molar-refractivity contribution in [3.05, 3.63) is 47.5 Å². The number of carbonyl (C=O) groups excluding carboxylic acids is 2. The maximum absolute atomic E-state index is 11.5. The van der Waals surface area contributed by atoms with Gasteiger partial charge in [-0.15, -0.1) is 11.3 Å². The number of anilines is 1. The van der Waals surface area contributed by atoms with Gasteiger partial charge in [0.1, 0.15) is 11.0 Å². The Morgan fingerprint density at radius 1 is 1.19 bits per heavy atom. The van der Waals surface area contributed by atoms with Gasteiger partial charge in [0.2, 0.25) is 0 Å². The van der Waals surface area contributed by atoms with Crippen molar-refractivity contribution >= 4 is 40.3 Å². The van der Waals surface area contributed by atoms with Crippen molar-refractivity contribution in [2.24, 2.45) is 17.2 Å². The van der Waals surface area contributed by atoms with Crippen LogP contribution in [0.25, 0.3) is 16.5 Å². The number of rotatable bonds is 7. The Bertz CT molecular complexity index is 858. The van der Waals surface area contributed by atoms with Gasteiger partial charge in [0.15, 0.2) is 0 Å². The second kappa shape index (κ2) is 8.28. The Kier molecular flexibility index (Phi) is 6.10. The molecule has 1 heterocycles. The standard InChI is InChI=1S/C17H18N4O4S/c18-12(16(23)24)3-1-2-9-4-6-10(7-5-9)13-8-11(14(19)22)15(26-13)21-17(20)25/h1-2,4-8,12H,3,18H2,(H2,19,22)(H,23,24)(H3,20,21,25)/t12-/m1/s1. The lowest BCUT2D eigenvalue weighted by atomic mass is 10.1. The van der Waals surface area contributed by atoms with Crippen molar-refractivity contribution in [3.63, 3.8) is 0 Å². The molecule has 0 aliphatic carbocycles. The highest BCUT2D eigenvalue weighted by Gasteiger charge is 2.16. The fraction of sp³-hybridized carbons (Fsp3) is 0.118. The molecule has 0 saturated heterocycles. The molecule has 1 aromatic heterocycles. The van der Waals surface area contributed by atoms with E-state index in [2.05, 4.69) is 5.32 Å². The van der Waals surface area contributed by atoms with Crippen LogP contribution in [0.15, 0.2) is 36.4 Å². The maximum atomic E-state index is 11.5. The maximum Gasteiger partial charge on any atom is 0.320 e. The van der Waals surface area contributed by atoms with Crippen LogP contribution < -0.4 is 22.5 Å². The Morgan fingerprint density at radius 3 is 2.38 bits per heavy atom. The minimum Gasteiger partial charge on any atom is -0.480 e. The van der Waals surface area contributed by atoms with Gasteiger partial charge >= 0.3 is 12.0 Å². The molecule has 1 aromatic carbocycles. The number of urea groups is 1. The van der Waals surface area contributed by atoms with Crippen molar-refractivity contribution in [2.75, 3.05) is 5.32 Å². The van der Waals surface area contributed by atoms with Crippen LogP contribution in [0.4, 0.5) is 9.80 Å². The molecule has 9 heteroatoms. The summed E-state index contributed by atoms with van der Waals surface area (Å²) in [6.07, 6.45) is 3.70. The molecule has 0 aliphatic heterocycles. The van der Waals surface area contributed by atoms with Gasteiger partial charge in [-0.2, -0.15) is 0 Å². The predicted molar refractivity (Wildman–Crippen MR) is 101 cm³/mol. The zero-order valence-corrected chi connectivity index (χ0v) is 14.5. The topological polar surface area (TPSA) is 162 Å². The average molecular weight is 374 g/mol. The van der Waals surface area contributed by atoms with Gasteiger partial charge in [-0.05, 0) is 23.6 Å². The summed E-state index contributed by atoms with van der Waals surface area (Å²) >= 11 is 1.19. The van der Waals surface area contributed by atoms with Gasteiger partial charge in [0.05, 0.1) is 5.56 Å². The average Bonchev–Trinajstić information content (AvgIpc) is 2.98. The highest BCUT2D eigenvalue weighted by molar-refractivity contribution is 7.20.